The van der Waals surface area contributed by atoms with Crippen molar-refractivity contribution in [2.24, 2.45) is 0 Å². The molecule has 0 aliphatic heterocycles. The molecule has 0 fully saturated rings. The number of rotatable bonds is 6. The number of ether oxygens (including phenoxy) is 1. The van der Waals surface area contributed by atoms with Crippen molar-refractivity contribution in [1.82, 2.24) is 0 Å². The zero-order chi connectivity index (χ0) is 11.8. The first-order valence-corrected chi connectivity index (χ1v) is 5.65. The fourth-order valence-electron chi connectivity index (χ4n) is 1.41. The van der Waals surface area contributed by atoms with Crippen LogP contribution in [0.1, 0.15) is 37.9 Å². The minimum atomic E-state index is -0.848. The van der Waals surface area contributed by atoms with E-state index in [1.807, 2.05) is 12.1 Å². The maximum Gasteiger partial charge on any atom is 0.140 e. The van der Waals surface area contributed by atoms with Crippen LogP contribution in [0.4, 0.5) is 0 Å². The molecule has 0 aliphatic rings. The van der Waals surface area contributed by atoms with Crippen LogP contribution >= 0.6 is 0 Å². The van der Waals surface area contributed by atoms with E-state index in [1.165, 1.54) is 12.8 Å². The number of benzene rings is 1. The van der Waals surface area contributed by atoms with Gasteiger partial charge in [-0.2, -0.15) is 0 Å². The quantitative estimate of drug-likeness (QED) is 0.587. The minimum absolute atomic E-state index is 0.704. The van der Waals surface area contributed by atoms with Gasteiger partial charge in [-0.15, -0.1) is 6.42 Å². The van der Waals surface area contributed by atoms with Gasteiger partial charge >= 0.3 is 0 Å². The summed E-state index contributed by atoms with van der Waals surface area (Å²) in [7, 11) is 0. The van der Waals surface area contributed by atoms with E-state index < -0.39 is 6.10 Å². The van der Waals surface area contributed by atoms with Gasteiger partial charge in [0, 0.05) is 0 Å². The van der Waals surface area contributed by atoms with Crippen molar-refractivity contribution in [1.29, 1.82) is 0 Å². The molecule has 86 valence electrons. The third kappa shape index (κ3) is 3.96. The standard InChI is InChI=1S/C14H18O2/c1-3-5-6-10-16-13-9-7-8-12(11-13)14(15)4-2/h2,7-9,11,14-15H,3,5-6,10H2,1H3. The summed E-state index contributed by atoms with van der Waals surface area (Å²) in [6.07, 6.45) is 7.71. The lowest BCUT2D eigenvalue weighted by molar-refractivity contribution is 0.237. The molecule has 2 nitrogen and oxygen atoms in total. The summed E-state index contributed by atoms with van der Waals surface area (Å²) in [5, 5.41) is 9.47. The van der Waals surface area contributed by atoms with Crippen LogP contribution in [0.5, 0.6) is 5.75 Å². The highest BCUT2D eigenvalue weighted by Crippen LogP contribution is 2.19. The Morgan fingerprint density at radius 1 is 1.44 bits per heavy atom. The van der Waals surface area contributed by atoms with E-state index in [9.17, 15) is 5.11 Å². The molecule has 1 rings (SSSR count). The first-order valence-electron chi connectivity index (χ1n) is 5.65. The highest BCUT2D eigenvalue weighted by Gasteiger charge is 2.04. The molecular weight excluding hydrogens is 200 g/mol. The molecule has 2 heteroatoms. The Morgan fingerprint density at radius 3 is 2.94 bits per heavy atom. The first kappa shape index (κ1) is 12.6. The molecule has 1 aromatic rings. The third-order valence-corrected chi connectivity index (χ3v) is 2.35. The van der Waals surface area contributed by atoms with Crippen LogP contribution in [0.2, 0.25) is 0 Å². The monoisotopic (exact) mass is 218 g/mol. The molecule has 0 radical (unpaired) electrons. The van der Waals surface area contributed by atoms with Gasteiger partial charge in [-0.05, 0) is 24.1 Å². The van der Waals surface area contributed by atoms with Crippen molar-refractivity contribution in [2.45, 2.75) is 32.3 Å². The second kappa shape index (κ2) is 6.92. The Kier molecular flexibility index (Phi) is 5.45. The number of aliphatic hydroxyl groups excluding tert-OH is 1. The Morgan fingerprint density at radius 2 is 2.25 bits per heavy atom. The van der Waals surface area contributed by atoms with Gasteiger partial charge in [0.15, 0.2) is 0 Å². The SMILES string of the molecule is C#CC(O)c1cccc(OCCCCC)c1. The van der Waals surface area contributed by atoms with E-state index in [0.717, 1.165) is 12.2 Å². The van der Waals surface area contributed by atoms with Crippen LogP contribution in [-0.4, -0.2) is 11.7 Å². The maximum atomic E-state index is 9.47. The van der Waals surface area contributed by atoms with Crippen LogP contribution < -0.4 is 4.74 Å². The summed E-state index contributed by atoms with van der Waals surface area (Å²) in [4.78, 5) is 0. The topological polar surface area (TPSA) is 29.5 Å². The summed E-state index contributed by atoms with van der Waals surface area (Å²) in [6, 6.07) is 7.30. The average Bonchev–Trinajstić information content (AvgIpc) is 2.34. The van der Waals surface area contributed by atoms with Crippen LogP contribution in [0.15, 0.2) is 24.3 Å². The highest BCUT2D eigenvalue weighted by molar-refractivity contribution is 5.32. The molecule has 0 spiro atoms. The molecule has 1 atom stereocenters. The predicted molar refractivity (Wildman–Crippen MR) is 65.3 cm³/mol. The summed E-state index contributed by atoms with van der Waals surface area (Å²) in [6.45, 7) is 2.87. The molecule has 0 bridgehead atoms. The van der Waals surface area contributed by atoms with Gasteiger partial charge < -0.3 is 9.84 Å². The van der Waals surface area contributed by atoms with Gasteiger partial charge in [-0.25, -0.2) is 0 Å². The van der Waals surface area contributed by atoms with Gasteiger partial charge in [0.2, 0.25) is 0 Å². The zero-order valence-electron chi connectivity index (χ0n) is 9.65. The number of terminal acetylenes is 1. The lowest BCUT2D eigenvalue weighted by atomic mass is 10.1. The van der Waals surface area contributed by atoms with Gasteiger partial charge in [-0.1, -0.05) is 37.8 Å². The molecule has 0 amide bonds. The Bertz CT molecular complexity index is 352. The van der Waals surface area contributed by atoms with E-state index in [1.54, 1.807) is 12.1 Å². The molecule has 1 N–H and O–H groups in total. The molecule has 0 saturated heterocycles. The molecule has 1 aromatic carbocycles. The maximum absolute atomic E-state index is 9.47. The van der Waals surface area contributed by atoms with Crippen molar-refractivity contribution in [3.63, 3.8) is 0 Å². The van der Waals surface area contributed by atoms with Crippen LogP contribution in [0, 0.1) is 12.3 Å². The van der Waals surface area contributed by atoms with Crippen molar-refractivity contribution in [2.75, 3.05) is 6.61 Å². The van der Waals surface area contributed by atoms with Crippen molar-refractivity contribution in [3.8, 4) is 18.1 Å². The molecule has 0 saturated carbocycles. The largest absolute Gasteiger partial charge is 0.494 e. The van der Waals surface area contributed by atoms with E-state index in [4.69, 9.17) is 11.2 Å². The Balaban J connectivity index is 2.51. The average molecular weight is 218 g/mol. The smallest absolute Gasteiger partial charge is 0.140 e. The van der Waals surface area contributed by atoms with E-state index in [-0.39, 0.29) is 0 Å². The summed E-state index contributed by atoms with van der Waals surface area (Å²) in [5.74, 6) is 3.05. The second-order valence-electron chi connectivity index (χ2n) is 3.70. The zero-order valence-corrected chi connectivity index (χ0v) is 9.65. The predicted octanol–water partition coefficient (Wildman–Crippen LogP) is 2.92. The molecule has 0 aromatic heterocycles. The second-order valence-corrected chi connectivity index (χ2v) is 3.70. The van der Waals surface area contributed by atoms with Gasteiger partial charge in [0.1, 0.15) is 11.9 Å². The molecule has 0 heterocycles. The lowest BCUT2D eigenvalue weighted by Gasteiger charge is -2.08. The molecule has 16 heavy (non-hydrogen) atoms. The number of unbranched alkanes of at least 4 members (excludes halogenated alkanes) is 2. The molecule has 0 aliphatic carbocycles. The molecule has 1 unspecified atom stereocenters. The van der Waals surface area contributed by atoms with Gasteiger partial charge in [0.25, 0.3) is 0 Å². The summed E-state index contributed by atoms with van der Waals surface area (Å²) >= 11 is 0. The third-order valence-electron chi connectivity index (χ3n) is 2.35. The number of hydrogen-bond acceptors (Lipinski definition) is 2. The van der Waals surface area contributed by atoms with Gasteiger partial charge in [-0.3, -0.25) is 0 Å². The number of aliphatic hydroxyl groups is 1. The van der Waals surface area contributed by atoms with E-state index in [2.05, 4.69) is 12.8 Å². The van der Waals surface area contributed by atoms with Crippen LogP contribution in [0.3, 0.4) is 0 Å². The normalized spacial score (nSPS) is 11.8. The van der Waals surface area contributed by atoms with Crippen molar-refractivity contribution >= 4 is 0 Å². The molecular formula is C14H18O2. The van der Waals surface area contributed by atoms with E-state index >= 15 is 0 Å². The Labute approximate surface area is 97.3 Å². The highest BCUT2D eigenvalue weighted by atomic mass is 16.5. The van der Waals surface area contributed by atoms with Gasteiger partial charge in [0.05, 0.1) is 6.61 Å². The minimum Gasteiger partial charge on any atom is -0.494 e. The lowest BCUT2D eigenvalue weighted by Crippen LogP contribution is -1.99. The van der Waals surface area contributed by atoms with Crippen molar-refractivity contribution in [3.05, 3.63) is 29.8 Å². The van der Waals surface area contributed by atoms with Crippen LogP contribution in [0.25, 0.3) is 0 Å². The van der Waals surface area contributed by atoms with Crippen LogP contribution in [-0.2, 0) is 0 Å². The summed E-state index contributed by atoms with van der Waals surface area (Å²) < 4.78 is 5.56. The fraction of sp³-hybridized carbons (Fsp3) is 0.429. The fourth-order valence-corrected chi connectivity index (χ4v) is 1.41. The summed E-state index contributed by atoms with van der Waals surface area (Å²) in [5.41, 5.74) is 0.704. The Hall–Kier alpha value is -1.46. The van der Waals surface area contributed by atoms with Crippen molar-refractivity contribution < 1.29 is 9.84 Å². The number of hydrogen-bond donors (Lipinski definition) is 1. The van der Waals surface area contributed by atoms with E-state index in [0.29, 0.717) is 12.2 Å². The first-order chi connectivity index (χ1) is 7.77.